The Morgan fingerprint density at radius 3 is 0.720 bits per heavy atom. The first-order valence-corrected chi connectivity index (χ1v) is 32.6. The zero-order valence-corrected chi connectivity index (χ0v) is 48.9. The molecule has 4 fully saturated rings. The van der Waals surface area contributed by atoms with Crippen molar-refractivity contribution in [1.29, 1.82) is 0 Å². The van der Waals surface area contributed by atoms with Gasteiger partial charge in [-0.1, -0.05) is 323 Å². The van der Waals surface area contributed by atoms with E-state index >= 15 is 0 Å². The highest BCUT2D eigenvalue weighted by atomic mass is 14.3. The van der Waals surface area contributed by atoms with E-state index in [0.29, 0.717) is 0 Å². The van der Waals surface area contributed by atoms with Crippen molar-refractivity contribution < 1.29 is 0 Å². The first-order valence-electron chi connectivity index (χ1n) is 32.6. The molecule has 0 radical (unpaired) electrons. The normalized spacial score (nSPS) is 16.8. The Bertz CT molecular complexity index is 3150. The van der Waals surface area contributed by atoms with Crippen molar-refractivity contribution in [3.63, 3.8) is 0 Å². The summed E-state index contributed by atoms with van der Waals surface area (Å²) in [5.74, 6) is 3.32. The Kier molecular flexibility index (Phi) is 17.2. The molecule has 0 heterocycles. The lowest BCUT2D eigenvalue weighted by atomic mass is 9.84. The number of fused-ring (bicyclic) bond motifs is 2. The van der Waals surface area contributed by atoms with Gasteiger partial charge in [-0.05, 0) is 172 Å². The van der Waals surface area contributed by atoms with Crippen molar-refractivity contribution in [3.8, 4) is 22.3 Å². The van der Waals surface area contributed by atoms with Gasteiger partial charge in [-0.15, -0.1) is 0 Å². The molecular weight excluding hydrogens is 985 g/mol. The highest BCUT2D eigenvalue weighted by Crippen LogP contribution is 2.44. The van der Waals surface area contributed by atoms with Crippen LogP contribution in [0.1, 0.15) is 184 Å². The minimum Gasteiger partial charge on any atom is -0.0616 e. The molecule has 0 spiro atoms. The molecule has 9 aromatic rings. The van der Waals surface area contributed by atoms with Gasteiger partial charge < -0.3 is 0 Å². The Labute approximate surface area is 491 Å². The van der Waals surface area contributed by atoms with Crippen molar-refractivity contribution in [3.05, 3.63) is 250 Å². The summed E-state index contributed by atoms with van der Waals surface area (Å²) in [4.78, 5) is 0. The van der Waals surface area contributed by atoms with Crippen LogP contribution in [0.15, 0.2) is 194 Å². The van der Waals surface area contributed by atoms with Crippen molar-refractivity contribution in [1.82, 2.24) is 0 Å². The zero-order chi connectivity index (χ0) is 54.9. The van der Waals surface area contributed by atoms with E-state index in [2.05, 4.69) is 206 Å². The summed E-state index contributed by atoms with van der Waals surface area (Å²) < 4.78 is 0. The van der Waals surface area contributed by atoms with Gasteiger partial charge in [0.15, 0.2) is 0 Å². The lowest BCUT2D eigenvalue weighted by Crippen LogP contribution is -2.09. The van der Waals surface area contributed by atoms with E-state index in [1.165, 1.54) is 265 Å². The summed E-state index contributed by atoms with van der Waals surface area (Å²) in [6.45, 7) is 0. The van der Waals surface area contributed by atoms with Crippen LogP contribution in [-0.2, 0) is 25.7 Å². The summed E-state index contributed by atoms with van der Waals surface area (Å²) in [5, 5.41) is 5.14. The van der Waals surface area contributed by atoms with Crippen molar-refractivity contribution >= 4 is 44.8 Å². The second-order valence-electron chi connectivity index (χ2n) is 25.8. The predicted octanol–water partition coefficient (Wildman–Crippen LogP) is 23.0. The summed E-state index contributed by atoms with van der Waals surface area (Å²) in [7, 11) is 0. The molecule has 13 rings (SSSR count). The van der Waals surface area contributed by atoms with E-state index < -0.39 is 0 Å². The maximum Gasteiger partial charge on any atom is -0.00264 e. The third kappa shape index (κ3) is 12.9. The van der Waals surface area contributed by atoms with Crippen LogP contribution < -0.4 is 0 Å². The Balaban J connectivity index is 0.811. The van der Waals surface area contributed by atoms with Gasteiger partial charge in [0.05, 0.1) is 0 Å². The second kappa shape index (κ2) is 26.1. The van der Waals surface area contributed by atoms with Gasteiger partial charge in [-0.25, -0.2) is 0 Å². The first kappa shape index (κ1) is 54.2. The van der Waals surface area contributed by atoms with Crippen LogP contribution in [0.2, 0.25) is 0 Å². The van der Waals surface area contributed by atoms with Gasteiger partial charge in [0, 0.05) is 0 Å². The summed E-state index contributed by atoms with van der Waals surface area (Å²) in [5.41, 5.74) is 21.2. The lowest BCUT2D eigenvalue weighted by molar-refractivity contribution is 0.356. The highest BCUT2D eigenvalue weighted by molar-refractivity contribution is 6.21. The molecule has 0 heteroatoms. The molecule has 9 aromatic carbocycles. The fourth-order valence-corrected chi connectivity index (χ4v) is 15.4. The van der Waals surface area contributed by atoms with E-state index in [1.807, 2.05) is 0 Å². The van der Waals surface area contributed by atoms with Crippen LogP contribution in [-0.4, -0.2) is 0 Å². The number of hydrogen-bond donors (Lipinski definition) is 0. The molecule has 0 aliphatic heterocycles. The van der Waals surface area contributed by atoms with Crippen molar-refractivity contribution in [2.75, 3.05) is 0 Å². The molecule has 0 atom stereocenters. The maximum atomic E-state index is 2.43. The smallest absolute Gasteiger partial charge is 0.00264 e. The molecule has 0 unspecified atom stereocenters. The van der Waals surface area contributed by atoms with Gasteiger partial charge in [0.25, 0.3) is 0 Å². The van der Waals surface area contributed by atoms with Gasteiger partial charge in [-0.3, -0.25) is 0 Å². The topological polar surface area (TPSA) is 0 Å². The van der Waals surface area contributed by atoms with Gasteiger partial charge in [0.2, 0.25) is 0 Å². The van der Waals surface area contributed by atoms with E-state index in [9.17, 15) is 0 Å². The molecular formula is C82H86. The lowest BCUT2D eigenvalue weighted by Gasteiger charge is -2.22. The van der Waals surface area contributed by atoms with Gasteiger partial charge in [-0.2, -0.15) is 0 Å². The minimum atomic E-state index is 0.831. The highest BCUT2D eigenvalue weighted by Gasteiger charge is 2.21. The molecule has 414 valence electrons. The molecule has 4 aliphatic carbocycles. The van der Waals surface area contributed by atoms with Crippen LogP contribution in [0, 0.1) is 23.7 Å². The van der Waals surface area contributed by atoms with Gasteiger partial charge in [0.1, 0.15) is 0 Å². The van der Waals surface area contributed by atoms with E-state index in [1.54, 1.807) is 0 Å². The fourth-order valence-electron chi connectivity index (χ4n) is 15.4. The molecule has 0 N–H and O–H groups in total. The zero-order valence-electron chi connectivity index (χ0n) is 48.9. The Morgan fingerprint density at radius 2 is 0.488 bits per heavy atom. The van der Waals surface area contributed by atoms with Crippen molar-refractivity contribution in [2.45, 2.75) is 154 Å². The molecule has 0 saturated heterocycles. The van der Waals surface area contributed by atoms with Crippen LogP contribution >= 0.6 is 0 Å². The second-order valence-corrected chi connectivity index (χ2v) is 25.8. The number of benzene rings is 9. The standard InChI is InChI=1S/C82H86/c1-5-17-59(18-6-1)53-63-29-41-69(42-30-63)79(70-43-31-64(32-44-70)54-60-19-7-2-8-20-60)57-67-37-49-73(50-38-67)81-75-25-13-15-27-77(75)82(78-28-16-14-26-76(78)81)74-51-39-68(40-52-74)58-80(71-45-33-65(34-46-71)55-61-21-9-3-10-22-61)72-47-35-66(36-48-72)56-62-23-11-4-12-24-62/h13-16,25-52,57-62H,1-12,17-24,53-56H2. The van der Waals surface area contributed by atoms with Crippen molar-refractivity contribution in [2.24, 2.45) is 23.7 Å². The van der Waals surface area contributed by atoms with E-state index in [0.717, 1.165) is 23.7 Å². The quantitative estimate of drug-likeness (QED) is 0.0668. The average molecular weight is 1070 g/mol. The minimum absolute atomic E-state index is 0.831. The molecule has 82 heavy (non-hydrogen) atoms. The van der Waals surface area contributed by atoms with Crippen LogP contribution in [0.5, 0.6) is 0 Å². The van der Waals surface area contributed by atoms with Crippen LogP contribution in [0.4, 0.5) is 0 Å². The van der Waals surface area contributed by atoms with Crippen LogP contribution in [0.25, 0.3) is 67.1 Å². The van der Waals surface area contributed by atoms with E-state index in [-0.39, 0.29) is 0 Å². The third-order valence-electron chi connectivity index (χ3n) is 20.0. The Hall–Kier alpha value is -7.02. The third-order valence-corrected chi connectivity index (χ3v) is 20.0. The molecule has 4 saturated carbocycles. The summed E-state index contributed by atoms with van der Waals surface area (Å²) in [6, 6.07) is 75.5. The van der Waals surface area contributed by atoms with Gasteiger partial charge >= 0.3 is 0 Å². The molecule has 0 amide bonds. The van der Waals surface area contributed by atoms with Crippen LogP contribution in [0.3, 0.4) is 0 Å². The SMILES string of the molecule is C(=C(c1ccc(CC2CCCCC2)cc1)c1ccc(CC2CCCCC2)cc1)c1ccc(-c2c3ccccc3c(-c3ccc(C=C(c4ccc(CC5CCCCC5)cc4)c4ccc(CC5CCCCC5)cc4)cc3)c3ccccc23)cc1. The fraction of sp³-hybridized carbons (Fsp3) is 0.341. The number of rotatable bonds is 16. The Morgan fingerprint density at radius 1 is 0.256 bits per heavy atom. The van der Waals surface area contributed by atoms with E-state index in [4.69, 9.17) is 0 Å². The maximum absolute atomic E-state index is 2.43. The molecule has 4 aliphatic rings. The molecule has 0 aromatic heterocycles. The molecule has 0 bridgehead atoms. The molecule has 0 nitrogen and oxygen atoms in total. The monoisotopic (exact) mass is 1070 g/mol. The average Bonchev–Trinajstić information content (AvgIpc) is 3.56. The largest absolute Gasteiger partial charge is 0.0616 e. The summed E-state index contributed by atoms with van der Waals surface area (Å²) >= 11 is 0. The number of hydrogen-bond acceptors (Lipinski definition) is 0. The first-order chi connectivity index (χ1) is 40.6. The predicted molar refractivity (Wildman–Crippen MR) is 353 cm³/mol. The summed E-state index contributed by atoms with van der Waals surface area (Å²) in [6.07, 6.45) is 37.5.